The molecule has 2 amide bonds. The Hall–Kier alpha value is -2.78. The molecule has 160 valence electrons. The van der Waals surface area contributed by atoms with Gasteiger partial charge in [-0.2, -0.15) is 4.31 Å². The molecule has 0 bridgehead atoms. The van der Waals surface area contributed by atoms with Crippen molar-refractivity contribution in [3.63, 3.8) is 0 Å². The fourth-order valence-corrected chi connectivity index (χ4v) is 5.30. The van der Waals surface area contributed by atoms with Gasteiger partial charge in [0.05, 0.1) is 10.9 Å². The molecule has 1 aliphatic rings. The van der Waals surface area contributed by atoms with Crippen LogP contribution in [0.25, 0.3) is 0 Å². The number of hydrogen-bond acceptors (Lipinski definition) is 5. The van der Waals surface area contributed by atoms with Gasteiger partial charge in [0, 0.05) is 22.8 Å². The van der Waals surface area contributed by atoms with Gasteiger partial charge in [0.15, 0.2) is 0 Å². The zero-order valence-corrected chi connectivity index (χ0v) is 18.0. The molecule has 1 heterocycles. The van der Waals surface area contributed by atoms with Crippen LogP contribution in [0.2, 0.25) is 5.02 Å². The van der Waals surface area contributed by atoms with E-state index in [1.807, 2.05) is 0 Å². The number of rotatable bonds is 5. The molecule has 0 aliphatic carbocycles. The van der Waals surface area contributed by atoms with Gasteiger partial charge in [-0.15, -0.1) is 0 Å². The highest BCUT2D eigenvalue weighted by Crippen LogP contribution is 2.43. The van der Waals surface area contributed by atoms with E-state index in [-0.39, 0.29) is 17.9 Å². The number of sulfonamides is 1. The minimum Gasteiger partial charge on any atom is -0.464 e. The van der Waals surface area contributed by atoms with E-state index in [0.717, 1.165) is 0 Å². The van der Waals surface area contributed by atoms with Crippen LogP contribution < -0.4 is 10.6 Å². The molecule has 0 fully saturated rings. The number of anilines is 1. The number of halogens is 1. The van der Waals surface area contributed by atoms with Crippen molar-refractivity contribution >= 4 is 39.3 Å². The van der Waals surface area contributed by atoms with Crippen molar-refractivity contribution in [2.24, 2.45) is 5.73 Å². The van der Waals surface area contributed by atoms with Crippen molar-refractivity contribution in [2.75, 3.05) is 11.4 Å². The summed E-state index contributed by atoms with van der Waals surface area (Å²) in [4.78, 5) is 25.8. The number of amides is 2. The van der Waals surface area contributed by atoms with E-state index in [1.165, 1.54) is 30.3 Å². The van der Waals surface area contributed by atoms with Crippen molar-refractivity contribution < 1.29 is 23.1 Å². The van der Waals surface area contributed by atoms with E-state index < -0.39 is 33.6 Å². The number of hydrogen-bond donors (Lipinski definition) is 2. The maximum absolute atomic E-state index is 13.2. The van der Waals surface area contributed by atoms with Crippen molar-refractivity contribution in [3.05, 3.63) is 59.1 Å². The van der Waals surface area contributed by atoms with Crippen LogP contribution in [0.15, 0.2) is 53.4 Å². The van der Waals surface area contributed by atoms with Crippen molar-refractivity contribution in [1.82, 2.24) is 4.31 Å². The number of carboxylic acid groups (broad SMARTS) is 1. The van der Waals surface area contributed by atoms with Crippen LogP contribution in [0.1, 0.15) is 31.9 Å². The van der Waals surface area contributed by atoms with E-state index in [0.29, 0.717) is 20.6 Å². The summed E-state index contributed by atoms with van der Waals surface area (Å²) in [5.41, 5.74) is 5.40. The molecule has 0 saturated carbocycles. The fourth-order valence-electron chi connectivity index (χ4n) is 3.63. The Kier molecular flexibility index (Phi) is 5.70. The number of nitrogens with zero attached hydrogens (tertiary/aromatic N) is 2. The van der Waals surface area contributed by atoms with Crippen LogP contribution >= 0.6 is 11.6 Å². The molecule has 0 saturated heterocycles. The summed E-state index contributed by atoms with van der Waals surface area (Å²) in [6, 6.07) is 11.1. The van der Waals surface area contributed by atoms with Gasteiger partial charge in [-0.3, -0.25) is 4.79 Å². The van der Waals surface area contributed by atoms with Crippen LogP contribution in [-0.2, 0) is 14.8 Å². The minimum atomic E-state index is -4.34. The molecule has 8 nitrogen and oxygen atoms in total. The van der Waals surface area contributed by atoms with Gasteiger partial charge in [0.2, 0.25) is 5.91 Å². The molecule has 2 aromatic rings. The molecule has 3 N–H and O–H groups in total. The van der Waals surface area contributed by atoms with E-state index >= 15 is 0 Å². The molecule has 1 aliphatic heterocycles. The van der Waals surface area contributed by atoms with Gasteiger partial charge < -0.3 is 15.7 Å². The maximum atomic E-state index is 13.2. The Morgan fingerprint density at radius 3 is 2.40 bits per heavy atom. The SMILES string of the molecule is CC(C)(C(N)=O)N1CC[C@@H](N(C(=O)O)S(=O)(=O)c2ccccc2)c2cc(Cl)ccc21. The third-order valence-electron chi connectivity index (χ3n) is 5.31. The van der Waals surface area contributed by atoms with Gasteiger partial charge in [-0.1, -0.05) is 29.8 Å². The van der Waals surface area contributed by atoms with Gasteiger partial charge in [-0.05, 0) is 50.6 Å². The fraction of sp³-hybridized carbons (Fsp3) is 0.300. The first-order valence-corrected chi connectivity index (χ1v) is 11.0. The first-order valence-electron chi connectivity index (χ1n) is 9.17. The molecule has 0 unspecified atom stereocenters. The Balaban J connectivity index is 2.16. The third-order valence-corrected chi connectivity index (χ3v) is 7.35. The lowest BCUT2D eigenvalue weighted by molar-refractivity contribution is -0.122. The first kappa shape index (κ1) is 21.9. The maximum Gasteiger partial charge on any atom is 0.421 e. The highest BCUT2D eigenvalue weighted by atomic mass is 35.5. The normalized spacial score (nSPS) is 16.6. The number of fused-ring (bicyclic) bond motifs is 1. The smallest absolute Gasteiger partial charge is 0.421 e. The second kappa shape index (κ2) is 7.81. The summed E-state index contributed by atoms with van der Waals surface area (Å²) in [6.45, 7) is 3.54. The standard InChI is InChI=1S/C20H22ClN3O5S/c1-20(2,18(22)25)23-11-10-17(15-12-13(21)8-9-16(15)23)24(19(26)27)30(28,29)14-6-4-3-5-7-14/h3-9,12,17H,10-11H2,1-2H3,(H2,22,25)(H,26,27)/t17-/m1/s1. The second-order valence-electron chi connectivity index (χ2n) is 7.48. The zero-order valence-electron chi connectivity index (χ0n) is 16.4. The van der Waals surface area contributed by atoms with Crippen LogP contribution in [0, 0.1) is 0 Å². The second-order valence-corrected chi connectivity index (χ2v) is 9.73. The summed E-state index contributed by atoms with van der Waals surface area (Å²) < 4.78 is 26.8. The van der Waals surface area contributed by atoms with Crippen LogP contribution in [-0.4, -0.2) is 41.9 Å². The summed E-state index contributed by atoms with van der Waals surface area (Å²) in [5.74, 6) is -0.561. The van der Waals surface area contributed by atoms with E-state index in [9.17, 15) is 23.1 Å². The summed E-state index contributed by atoms with van der Waals surface area (Å²) in [5, 5.41) is 10.2. The number of carbonyl (C=O) groups is 2. The highest BCUT2D eigenvalue weighted by Gasteiger charge is 2.44. The Morgan fingerprint density at radius 1 is 1.20 bits per heavy atom. The van der Waals surface area contributed by atoms with Crippen molar-refractivity contribution in [2.45, 2.75) is 36.7 Å². The Labute approximate surface area is 179 Å². The van der Waals surface area contributed by atoms with Crippen LogP contribution in [0.4, 0.5) is 10.5 Å². The van der Waals surface area contributed by atoms with Gasteiger partial charge in [-0.25, -0.2) is 13.2 Å². The Bertz CT molecular complexity index is 1090. The zero-order chi connectivity index (χ0) is 22.3. The highest BCUT2D eigenvalue weighted by molar-refractivity contribution is 7.89. The monoisotopic (exact) mass is 451 g/mol. The predicted molar refractivity (Wildman–Crippen MR) is 113 cm³/mol. The minimum absolute atomic E-state index is 0.127. The summed E-state index contributed by atoms with van der Waals surface area (Å²) in [6.07, 6.45) is -1.47. The lowest BCUT2D eigenvalue weighted by Crippen LogP contribution is -2.56. The third kappa shape index (κ3) is 3.70. The number of nitrogens with two attached hydrogens (primary N) is 1. The van der Waals surface area contributed by atoms with E-state index in [1.54, 1.807) is 36.9 Å². The molecule has 0 radical (unpaired) electrons. The summed E-state index contributed by atoms with van der Waals surface area (Å²) >= 11 is 6.16. The lowest BCUT2D eigenvalue weighted by atomic mass is 9.91. The van der Waals surface area contributed by atoms with E-state index in [4.69, 9.17) is 17.3 Å². The van der Waals surface area contributed by atoms with Gasteiger partial charge in [0.1, 0.15) is 5.54 Å². The predicted octanol–water partition coefficient (Wildman–Crippen LogP) is 3.22. The molecule has 2 aromatic carbocycles. The van der Waals surface area contributed by atoms with Gasteiger partial charge >= 0.3 is 6.09 Å². The molecular formula is C20H22ClN3O5S. The number of benzene rings is 2. The quantitative estimate of drug-likeness (QED) is 0.719. The molecule has 0 aromatic heterocycles. The molecule has 0 spiro atoms. The number of carbonyl (C=O) groups excluding carboxylic acids is 1. The molecule has 3 rings (SSSR count). The number of primary amides is 1. The topological polar surface area (TPSA) is 121 Å². The van der Waals surface area contributed by atoms with Crippen molar-refractivity contribution in [1.29, 1.82) is 0 Å². The molecule has 1 atom stereocenters. The average Bonchev–Trinajstić information content (AvgIpc) is 2.68. The Morgan fingerprint density at radius 2 is 1.83 bits per heavy atom. The van der Waals surface area contributed by atoms with Crippen LogP contribution in [0.5, 0.6) is 0 Å². The largest absolute Gasteiger partial charge is 0.464 e. The first-order chi connectivity index (χ1) is 14.0. The van der Waals surface area contributed by atoms with E-state index in [2.05, 4.69) is 0 Å². The van der Waals surface area contributed by atoms with Crippen LogP contribution in [0.3, 0.4) is 0 Å². The molecule has 30 heavy (non-hydrogen) atoms. The lowest BCUT2D eigenvalue weighted by Gasteiger charge is -2.45. The molecule has 10 heteroatoms. The van der Waals surface area contributed by atoms with Gasteiger partial charge in [0.25, 0.3) is 10.0 Å². The summed E-state index contributed by atoms with van der Waals surface area (Å²) in [7, 11) is -4.34. The average molecular weight is 452 g/mol. The van der Waals surface area contributed by atoms with Crippen molar-refractivity contribution in [3.8, 4) is 0 Å². The molecular weight excluding hydrogens is 430 g/mol.